The first kappa shape index (κ1) is 12.2. The quantitative estimate of drug-likeness (QED) is 0.773. The lowest BCUT2D eigenvalue weighted by Crippen LogP contribution is -2.26. The van der Waals surface area contributed by atoms with Crippen molar-refractivity contribution in [3.63, 3.8) is 0 Å². The van der Waals surface area contributed by atoms with Crippen molar-refractivity contribution in [2.24, 2.45) is 0 Å². The van der Waals surface area contributed by atoms with Crippen LogP contribution in [0.1, 0.15) is 18.4 Å². The third-order valence-corrected chi connectivity index (χ3v) is 3.71. The van der Waals surface area contributed by atoms with Crippen LogP contribution in [0.3, 0.4) is 0 Å². The van der Waals surface area contributed by atoms with Crippen molar-refractivity contribution in [3.05, 3.63) is 38.1 Å². The molecule has 0 aliphatic rings. The lowest BCUT2D eigenvalue weighted by atomic mass is 10.4. The molecule has 0 aromatic carbocycles. The number of hydrogen-bond acceptors (Lipinski definition) is 4. The summed E-state index contributed by atoms with van der Waals surface area (Å²) in [5.41, 5.74) is 0.715. The number of nitrogens with zero attached hydrogens (tertiary/aromatic N) is 5. The van der Waals surface area contributed by atoms with E-state index in [1.807, 2.05) is 36.4 Å². The second kappa shape index (κ2) is 4.94. The molecule has 0 radical (unpaired) electrons. The van der Waals surface area contributed by atoms with E-state index in [0.717, 1.165) is 18.1 Å². The van der Waals surface area contributed by atoms with Crippen LogP contribution in [-0.4, -0.2) is 24.3 Å². The van der Waals surface area contributed by atoms with Gasteiger partial charge in [0.1, 0.15) is 12.2 Å². The van der Waals surface area contributed by atoms with E-state index in [1.165, 1.54) is 6.33 Å². The molecule has 2 aromatic rings. The Morgan fingerprint density at radius 3 is 2.88 bits per heavy atom. The Morgan fingerprint density at radius 2 is 2.18 bits per heavy atom. The van der Waals surface area contributed by atoms with Crippen molar-refractivity contribution in [1.82, 2.24) is 24.3 Å². The van der Waals surface area contributed by atoms with E-state index >= 15 is 0 Å². The molecule has 0 saturated heterocycles. The van der Waals surface area contributed by atoms with Crippen LogP contribution in [0.25, 0.3) is 0 Å². The number of aryl methyl sites for hydroxylation is 2. The summed E-state index contributed by atoms with van der Waals surface area (Å²) >= 11 is 2.02. The molecule has 6 nitrogen and oxygen atoms in total. The van der Waals surface area contributed by atoms with Crippen LogP contribution in [-0.2, 0) is 13.1 Å². The van der Waals surface area contributed by atoms with E-state index in [9.17, 15) is 4.79 Å². The summed E-state index contributed by atoms with van der Waals surface area (Å²) in [7, 11) is 0. The standard InChI is InChI=1S/C10H12IN5O/c1-3-16-8(12-5-14-16)4-15-6-13-7(2)9(11)10(15)17/h5-6H,3-4H2,1-2H3. The van der Waals surface area contributed by atoms with Gasteiger partial charge in [0.2, 0.25) is 0 Å². The van der Waals surface area contributed by atoms with Crippen molar-refractivity contribution in [1.29, 1.82) is 0 Å². The molecule has 0 unspecified atom stereocenters. The highest BCUT2D eigenvalue weighted by Gasteiger charge is 2.08. The number of aromatic nitrogens is 5. The van der Waals surface area contributed by atoms with E-state index in [0.29, 0.717) is 10.1 Å². The molecular formula is C10H12IN5O. The van der Waals surface area contributed by atoms with E-state index in [1.54, 1.807) is 15.6 Å². The number of rotatable bonds is 3. The normalized spacial score (nSPS) is 10.8. The molecule has 0 N–H and O–H groups in total. The summed E-state index contributed by atoms with van der Waals surface area (Å²) in [6.07, 6.45) is 3.05. The zero-order valence-electron chi connectivity index (χ0n) is 9.59. The zero-order chi connectivity index (χ0) is 12.4. The first-order valence-corrected chi connectivity index (χ1v) is 6.29. The molecule has 0 atom stereocenters. The van der Waals surface area contributed by atoms with Gasteiger partial charge in [0.05, 0.1) is 22.1 Å². The summed E-state index contributed by atoms with van der Waals surface area (Å²) in [6.45, 7) is 4.94. The highest BCUT2D eigenvalue weighted by atomic mass is 127. The van der Waals surface area contributed by atoms with Gasteiger partial charge in [-0.1, -0.05) is 0 Å². The van der Waals surface area contributed by atoms with Crippen molar-refractivity contribution >= 4 is 22.6 Å². The summed E-state index contributed by atoms with van der Waals surface area (Å²) < 4.78 is 3.96. The number of halogens is 1. The third kappa shape index (κ3) is 2.38. The smallest absolute Gasteiger partial charge is 0.267 e. The summed E-state index contributed by atoms with van der Waals surface area (Å²) in [4.78, 5) is 20.3. The summed E-state index contributed by atoms with van der Waals surface area (Å²) in [6, 6.07) is 0. The highest BCUT2D eigenvalue weighted by molar-refractivity contribution is 14.1. The van der Waals surface area contributed by atoms with Gasteiger partial charge in [-0.15, -0.1) is 0 Å². The highest BCUT2D eigenvalue weighted by Crippen LogP contribution is 2.03. The Labute approximate surface area is 112 Å². The average molecular weight is 345 g/mol. The zero-order valence-corrected chi connectivity index (χ0v) is 11.7. The fraction of sp³-hybridized carbons (Fsp3) is 0.400. The third-order valence-electron chi connectivity index (χ3n) is 2.46. The molecule has 2 rings (SSSR count). The Hall–Kier alpha value is -1.25. The molecule has 0 bridgehead atoms. The molecule has 0 aliphatic heterocycles. The molecule has 17 heavy (non-hydrogen) atoms. The predicted octanol–water partition coefficient (Wildman–Crippen LogP) is 0.816. The van der Waals surface area contributed by atoms with Gasteiger partial charge < -0.3 is 0 Å². The van der Waals surface area contributed by atoms with Crippen molar-refractivity contribution < 1.29 is 0 Å². The Balaban J connectivity index is 2.37. The van der Waals surface area contributed by atoms with Gasteiger partial charge >= 0.3 is 0 Å². The van der Waals surface area contributed by atoms with Crippen molar-refractivity contribution in [3.8, 4) is 0 Å². The van der Waals surface area contributed by atoms with Crippen LogP contribution in [0, 0.1) is 10.5 Å². The summed E-state index contributed by atoms with van der Waals surface area (Å²) in [5.74, 6) is 0.760. The van der Waals surface area contributed by atoms with E-state index in [4.69, 9.17) is 0 Å². The van der Waals surface area contributed by atoms with Crippen LogP contribution >= 0.6 is 22.6 Å². The van der Waals surface area contributed by atoms with Crippen LogP contribution < -0.4 is 5.56 Å². The second-order valence-corrected chi connectivity index (χ2v) is 4.65. The Morgan fingerprint density at radius 1 is 1.41 bits per heavy atom. The molecule has 0 fully saturated rings. The van der Waals surface area contributed by atoms with Crippen LogP contribution in [0.5, 0.6) is 0 Å². The van der Waals surface area contributed by atoms with E-state index in [2.05, 4.69) is 15.1 Å². The molecule has 2 aromatic heterocycles. The molecule has 90 valence electrons. The summed E-state index contributed by atoms with van der Waals surface area (Å²) in [5, 5.41) is 4.07. The van der Waals surface area contributed by atoms with Gasteiger partial charge in [-0.05, 0) is 36.4 Å². The van der Waals surface area contributed by atoms with E-state index in [-0.39, 0.29) is 5.56 Å². The molecule has 2 heterocycles. The SMILES string of the molecule is CCn1ncnc1Cn1cnc(C)c(I)c1=O. The van der Waals surface area contributed by atoms with E-state index < -0.39 is 0 Å². The molecular weight excluding hydrogens is 333 g/mol. The van der Waals surface area contributed by atoms with Crippen LogP contribution in [0.2, 0.25) is 0 Å². The lowest BCUT2D eigenvalue weighted by molar-refractivity contribution is 0.580. The van der Waals surface area contributed by atoms with Gasteiger partial charge in [0, 0.05) is 6.54 Å². The fourth-order valence-electron chi connectivity index (χ4n) is 1.49. The Bertz CT molecular complexity index is 589. The minimum atomic E-state index is -0.0382. The second-order valence-electron chi connectivity index (χ2n) is 3.57. The average Bonchev–Trinajstić information content (AvgIpc) is 2.77. The Kier molecular flexibility index (Phi) is 3.55. The maximum absolute atomic E-state index is 12.0. The molecule has 0 saturated carbocycles. The molecule has 7 heteroatoms. The van der Waals surface area contributed by atoms with Gasteiger partial charge in [-0.3, -0.25) is 9.36 Å². The molecule has 0 amide bonds. The van der Waals surface area contributed by atoms with Crippen molar-refractivity contribution in [2.45, 2.75) is 26.9 Å². The first-order valence-electron chi connectivity index (χ1n) is 5.21. The van der Waals surface area contributed by atoms with Crippen LogP contribution in [0.4, 0.5) is 0 Å². The first-order chi connectivity index (χ1) is 8.13. The van der Waals surface area contributed by atoms with Crippen molar-refractivity contribution in [2.75, 3.05) is 0 Å². The fourth-order valence-corrected chi connectivity index (χ4v) is 1.94. The predicted molar refractivity (Wildman–Crippen MR) is 70.7 cm³/mol. The number of hydrogen-bond donors (Lipinski definition) is 0. The maximum atomic E-state index is 12.0. The largest absolute Gasteiger partial charge is 0.291 e. The monoisotopic (exact) mass is 345 g/mol. The molecule has 0 aliphatic carbocycles. The topological polar surface area (TPSA) is 65.6 Å². The lowest BCUT2D eigenvalue weighted by Gasteiger charge is -2.07. The molecule has 0 spiro atoms. The van der Waals surface area contributed by atoms with Gasteiger partial charge in [0.25, 0.3) is 5.56 Å². The van der Waals surface area contributed by atoms with Crippen LogP contribution in [0.15, 0.2) is 17.4 Å². The minimum Gasteiger partial charge on any atom is -0.291 e. The van der Waals surface area contributed by atoms with Gasteiger partial charge in [-0.2, -0.15) is 5.10 Å². The van der Waals surface area contributed by atoms with Gasteiger partial charge in [0.15, 0.2) is 0 Å². The minimum absolute atomic E-state index is 0.0382. The van der Waals surface area contributed by atoms with Gasteiger partial charge in [-0.25, -0.2) is 14.6 Å². The maximum Gasteiger partial charge on any atom is 0.267 e.